The summed E-state index contributed by atoms with van der Waals surface area (Å²) in [6.07, 6.45) is 0. The van der Waals surface area contributed by atoms with Crippen molar-refractivity contribution in [2.24, 2.45) is 0 Å². The van der Waals surface area contributed by atoms with E-state index in [0.717, 1.165) is 11.3 Å². The molecular weight excluding hydrogens is 168 g/mol. The molecule has 0 amide bonds. The molecule has 0 atom stereocenters. The van der Waals surface area contributed by atoms with Gasteiger partial charge in [-0.1, -0.05) is 30.4 Å². The van der Waals surface area contributed by atoms with E-state index in [9.17, 15) is 0 Å². The van der Waals surface area contributed by atoms with Gasteiger partial charge in [0.2, 0.25) is 0 Å². The number of H-pyrrole nitrogens is 1. The number of rotatable bonds is 2. The monoisotopic (exact) mass is 176 g/mol. The van der Waals surface area contributed by atoms with E-state index in [1.807, 2.05) is 24.3 Å². The first-order valence-corrected chi connectivity index (χ1v) is 4.15. The summed E-state index contributed by atoms with van der Waals surface area (Å²) in [4.78, 5) is 3.19. The van der Waals surface area contributed by atoms with Gasteiger partial charge in [-0.2, -0.15) is 0 Å². The van der Waals surface area contributed by atoms with Crippen LogP contribution in [-0.4, -0.2) is 10.5 Å². The Morgan fingerprint density at radius 1 is 1.33 bits per heavy atom. The Kier molecular flexibility index (Phi) is 1.80. The number of fused-ring (bicyclic) bond motifs is 1. The van der Waals surface area contributed by atoms with Crippen molar-refractivity contribution in [3.8, 4) is 0 Å². The fourth-order valence-electron chi connectivity index (χ4n) is 1.21. The molecule has 0 aliphatic heterocycles. The highest BCUT2D eigenvalue weighted by Gasteiger charge is 1.95. The molecule has 1 aromatic heterocycles. The molecule has 0 aliphatic rings. The van der Waals surface area contributed by atoms with E-state index in [0.29, 0.717) is 0 Å². The molecular formula is C9H8N2S. The fourth-order valence-corrected chi connectivity index (χ4v) is 1.34. The van der Waals surface area contributed by atoms with Gasteiger partial charge in [-0.3, -0.25) is 0 Å². The van der Waals surface area contributed by atoms with E-state index in [4.69, 9.17) is 0 Å². The summed E-state index contributed by atoms with van der Waals surface area (Å²) in [6, 6.07) is 10.1. The minimum atomic E-state index is 0.936. The number of thiocarbonyl (C=S) groups is 1. The zero-order valence-electron chi connectivity index (χ0n) is 6.37. The zero-order valence-corrected chi connectivity index (χ0v) is 7.19. The standard InChI is InChI=1S/C9H8N2S/c12-6-10-9-5-7-3-1-2-4-8(7)11-9/h1-6,11H,(H,10,12). The van der Waals surface area contributed by atoms with Gasteiger partial charge in [0.1, 0.15) is 5.82 Å². The summed E-state index contributed by atoms with van der Waals surface area (Å²) in [5, 5.41) is 4.12. The molecule has 3 heteroatoms. The molecule has 1 aromatic carbocycles. The molecule has 1 heterocycles. The molecule has 60 valence electrons. The maximum absolute atomic E-state index is 4.68. The van der Waals surface area contributed by atoms with Crippen LogP contribution in [0.3, 0.4) is 0 Å². The quantitative estimate of drug-likeness (QED) is 0.688. The van der Waals surface area contributed by atoms with E-state index in [1.165, 1.54) is 10.9 Å². The van der Waals surface area contributed by atoms with Crippen LogP contribution < -0.4 is 5.32 Å². The number of benzene rings is 1. The van der Waals surface area contributed by atoms with Gasteiger partial charge in [0.25, 0.3) is 0 Å². The summed E-state index contributed by atoms with van der Waals surface area (Å²) < 4.78 is 0. The van der Waals surface area contributed by atoms with Crippen molar-refractivity contribution in [3.05, 3.63) is 30.3 Å². The average molecular weight is 176 g/mol. The van der Waals surface area contributed by atoms with Crippen molar-refractivity contribution >= 4 is 34.4 Å². The molecule has 12 heavy (non-hydrogen) atoms. The van der Waals surface area contributed by atoms with Crippen molar-refractivity contribution in [1.29, 1.82) is 0 Å². The molecule has 2 rings (SSSR count). The van der Waals surface area contributed by atoms with Crippen molar-refractivity contribution in [2.75, 3.05) is 5.32 Å². The highest BCUT2D eigenvalue weighted by molar-refractivity contribution is 7.79. The minimum absolute atomic E-state index is 0.936. The first-order chi connectivity index (χ1) is 5.90. The lowest BCUT2D eigenvalue weighted by Crippen LogP contribution is -1.90. The predicted molar refractivity (Wildman–Crippen MR) is 55.6 cm³/mol. The van der Waals surface area contributed by atoms with Crippen LogP contribution in [0.5, 0.6) is 0 Å². The van der Waals surface area contributed by atoms with E-state index < -0.39 is 0 Å². The first kappa shape index (κ1) is 7.31. The highest BCUT2D eigenvalue weighted by Crippen LogP contribution is 2.17. The topological polar surface area (TPSA) is 27.8 Å². The Labute approximate surface area is 75.6 Å². The summed E-state index contributed by atoms with van der Waals surface area (Å²) >= 11 is 4.68. The smallest absolute Gasteiger partial charge is 0.108 e. The molecule has 2 aromatic rings. The third-order valence-electron chi connectivity index (χ3n) is 1.74. The van der Waals surface area contributed by atoms with Gasteiger partial charge in [-0.05, 0) is 12.1 Å². The van der Waals surface area contributed by atoms with Crippen molar-refractivity contribution in [3.63, 3.8) is 0 Å². The Bertz CT molecular complexity index is 373. The maximum atomic E-state index is 4.68. The third-order valence-corrected chi connectivity index (χ3v) is 1.86. The highest BCUT2D eigenvalue weighted by atomic mass is 32.1. The van der Waals surface area contributed by atoms with Crippen molar-refractivity contribution in [2.45, 2.75) is 0 Å². The van der Waals surface area contributed by atoms with Crippen LogP contribution in [0.2, 0.25) is 0 Å². The Morgan fingerprint density at radius 2 is 2.17 bits per heavy atom. The van der Waals surface area contributed by atoms with Crippen LogP contribution in [0.4, 0.5) is 5.82 Å². The number of aromatic amines is 1. The van der Waals surface area contributed by atoms with Crippen LogP contribution in [0.25, 0.3) is 10.9 Å². The largest absolute Gasteiger partial charge is 0.341 e. The van der Waals surface area contributed by atoms with E-state index in [-0.39, 0.29) is 0 Å². The van der Waals surface area contributed by atoms with Gasteiger partial charge in [0, 0.05) is 10.9 Å². The lowest BCUT2D eigenvalue weighted by Gasteiger charge is -1.89. The molecule has 0 unspecified atom stereocenters. The number of para-hydroxylation sites is 1. The molecule has 0 saturated heterocycles. The Morgan fingerprint density at radius 3 is 2.92 bits per heavy atom. The molecule has 0 saturated carbocycles. The molecule has 2 N–H and O–H groups in total. The maximum Gasteiger partial charge on any atom is 0.108 e. The fraction of sp³-hybridized carbons (Fsp3) is 0. The molecule has 0 fully saturated rings. The molecule has 0 bridgehead atoms. The average Bonchev–Trinajstić information content (AvgIpc) is 2.47. The van der Waals surface area contributed by atoms with E-state index >= 15 is 0 Å². The molecule has 2 nitrogen and oxygen atoms in total. The lowest BCUT2D eigenvalue weighted by atomic mass is 10.2. The number of aromatic nitrogens is 1. The van der Waals surface area contributed by atoms with Crippen LogP contribution in [0, 0.1) is 0 Å². The summed E-state index contributed by atoms with van der Waals surface area (Å²) in [5.74, 6) is 0.936. The van der Waals surface area contributed by atoms with Crippen LogP contribution in [0.1, 0.15) is 0 Å². The van der Waals surface area contributed by atoms with E-state index in [1.54, 1.807) is 0 Å². The number of hydrogen-bond donors (Lipinski definition) is 2. The number of nitrogens with one attached hydrogen (secondary N) is 2. The Hall–Kier alpha value is -1.35. The molecule has 0 aliphatic carbocycles. The van der Waals surface area contributed by atoms with Gasteiger partial charge in [0.15, 0.2) is 0 Å². The van der Waals surface area contributed by atoms with Gasteiger partial charge in [-0.25, -0.2) is 0 Å². The number of anilines is 1. The van der Waals surface area contributed by atoms with Crippen LogP contribution in [-0.2, 0) is 0 Å². The summed E-state index contributed by atoms with van der Waals surface area (Å²) in [7, 11) is 0. The number of hydrogen-bond acceptors (Lipinski definition) is 1. The second kappa shape index (κ2) is 2.95. The normalized spacial score (nSPS) is 10.0. The van der Waals surface area contributed by atoms with E-state index in [2.05, 4.69) is 28.6 Å². The molecule has 0 radical (unpaired) electrons. The summed E-state index contributed by atoms with van der Waals surface area (Å²) in [6.45, 7) is 0. The van der Waals surface area contributed by atoms with Crippen molar-refractivity contribution in [1.82, 2.24) is 4.98 Å². The lowest BCUT2D eigenvalue weighted by molar-refractivity contribution is 1.46. The van der Waals surface area contributed by atoms with Gasteiger partial charge in [-0.15, -0.1) is 0 Å². The van der Waals surface area contributed by atoms with Crippen LogP contribution in [0.15, 0.2) is 30.3 Å². The second-order valence-corrected chi connectivity index (χ2v) is 2.77. The zero-order chi connectivity index (χ0) is 8.39. The molecule has 0 spiro atoms. The Balaban J connectivity index is 2.54. The van der Waals surface area contributed by atoms with Gasteiger partial charge < -0.3 is 10.3 Å². The SMILES string of the molecule is S=CNc1cc2ccccc2[nH]1. The van der Waals surface area contributed by atoms with Crippen LogP contribution >= 0.6 is 12.2 Å². The van der Waals surface area contributed by atoms with Crippen molar-refractivity contribution < 1.29 is 0 Å². The summed E-state index contributed by atoms with van der Waals surface area (Å²) in [5.41, 5.74) is 2.61. The van der Waals surface area contributed by atoms with Gasteiger partial charge >= 0.3 is 0 Å². The second-order valence-electron chi connectivity index (χ2n) is 2.53. The minimum Gasteiger partial charge on any atom is -0.341 e. The first-order valence-electron chi connectivity index (χ1n) is 3.68. The predicted octanol–water partition coefficient (Wildman–Crippen LogP) is 2.54. The third kappa shape index (κ3) is 1.19. The van der Waals surface area contributed by atoms with Gasteiger partial charge in [0.05, 0.1) is 5.49 Å².